The fourth-order valence-corrected chi connectivity index (χ4v) is 2.30. The van der Waals surface area contributed by atoms with Gasteiger partial charge in [-0.15, -0.1) is 0 Å². The van der Waals surface area contributed by atoms with Crippen LogP contribution in [0, 0.1) is 17.0 Å². The molecule has 0 saturated carbocycles. The molecule has 0 saturated heterocycles. The number of hydrogen-bond donors (Lipinski definition) is 1. The first-order valence-electron chi connectivity index (χ1n) is 8.73. The number of nitrogens with zero attached hydrogens (tertiary/aromatic N) is 1. The van der Waals surface area contributed by atoms with Crippen molar-refractivity contribution in [3.05, 3.63) is 57.5 Å². The maximum absolute atomic E-state index is 12.0. The maximum atomic E-state index is 12.0. The summed E-state index contributed by atoms with van der Waals surface area (Å²) in [5, 5.41) is 13.9. The van der Waals surface area contributed by atoms with E-state index in [-0.39, 0.29) is 35.8 Å². The summed E-state index contributed by atoms with van der Waals surface area (Å²) in [5.74, 6) is 0.389. The number of rotatable bonds is 10. The van der Waals surface area contributed by atoms with Crippen molar-refractivity contribution in [3.8, 4) is 5.75 Å². The number of carbonyl (C=O) groups is 1. The van der Waals surface area contributed by atoms with E-state index in [9.17, 15) is 14.9 Å². The van der Waals surface area contributed by atoms with E-state index < -0.39 is 4.92 Å². The first-order valence-corrected chi connectivity index (χ1v) is 8.73. The Hall–Kier alpha value is -2.87. The van der Waals surface area contributed by atoms with E-state index in [1.165, 1.54) is 6.07 Å². The highest BCUT2D eigenvalue weighted by Crippen LogP contribution is 2.28. The molecule has 2 aromatic rings. The Morgan fingerprint density at radius 3 is 2.78 bits per heavy atom. The van der Waals surface area contributed by atoms with Crippen molar-refractivity contribution in [1.82, 2.24) is 5.32 Å². The summed E-state index contributed by atoms with van der Waals surface area (Å²) in [6.45, 7) is 6.72. The van der Waals surface area contributed by atoms with Crippen molar-refractivity contribution in [2.75, 3.05) is 13.2 Å². The third-order valence-electron chi connectivity index (χ3n) is 3.62. The van der Waals surface area contributed by atoms with Crippen LogP contribution in [0.1, 0.15) is 42.1 Å². The third kappa shape index (κ3) is 6.41. The minimum absolute atomic E-state index is 0.0145. The van der Waals surface area contributed by atoms with Crippen LogP contribution in [-0.4, -0.2) is 30.1 Å². The molecule has 8 heteroatoms. The van der Waals surface area contributed by atoms with Crippen molar-refractivity contribution < 1.29 is 23.6 Å². The lowest BCUT2D eigenvalue weighted by atomic mass is 10.2. The van der Waals surface area contributed by atoms with Crippen LogP contribution in [0.15, 0.2) is 34.7 Å². The Bertz CT molecular complexity index is 784. The van der Waals surface area contributed by atoms with Crippen molar-refractivity contribution in [1.29, 1.82) is 0 Å². The number of aryl methyl sites for hydroxylation is 1. The second kappa shape index (κ2) is 9.72. The molecule has 0 unspecified atom stereocenters. The van der Waals surface area contributed by atoms with Crippen molar-refractivity contribution in [3.63, 3.8) is 0 Å². The lowest BCUT2D eigenvalue weighted by Gasteiger charge is -2.07. The largest absolute Gasteiger partial charge is 0.479 e. The number of nitrogens with one attached hydrogen (secondary N) is 1. The average Bonchev–Trinajstić information content (AvgIpc) is 3.09. The Balaban J connectivity index is 1.85. The SMILES string of the molecule is Cc1ccc(OCc2ccc(C(=O)NCCCOC(C)C)o2)c([N+](=O)[O-])c1. The summed E-state index contributed by atoms with van der Waals surface area (Å²) in [5.41, 5.74) is 0.660. The number of furan rings is 1. The van der Waals surface area contributed by atoms with Gasteiger partial charge in [0.2, 0.25) is 0 Å². The molecule has 0 aliphatic rings. The standard InChI is InChI=1S/C19H24N2O6/c1-13(2)25-10-4-9-20-19(22)18-8-6-15(27-18)12-26-17-7-5-14(3)11-16(17)21(23)24/h5-8,11,13H,4,9-10,12H2,1-3H3,(H,20,22). The molecule has 0 aliphatic heterocycles. The zero-order valence-electron chi connectivity index (χ0n) is 15.7. The van der Waals surface area contributed by atoms with Gasteiger partial charge in [-0.1, -0.05) is 6.07 Å². The van der Waals surface area contributed by atoms with Crippen LogP contribution in [0.25, 0.3) is 0 Å². The molecular weight excluding hydrogens is 352 g/mol. The second-order valence-electron chi connectivity index (χ2n) is 6.31. The van der Waals surface area contributed by atoms with E-state index >= 15 is 0 Å². The zero-order valence-corrected chi connectivity index (χ0v) is 15.7. The van der Waals surface area contributed by atoms with Gasteiger partial charge in [0.25, 0.3) is 5.91 Å². The molecule has 27 heavy (non-hydrogen) atoms. The van der Waals surface area contributed by atoms with Gasteiger partial charge in [0.15, 0.2) is 11.5 Å². The molecule has 8 nitrogen and oxygen atoms in total. The summed E-state index contributed by atoms with van der Waals surface area (Å²) in [6, 6.07) is 7.87. The summed E-state index contributed by atoms with van der Waals surface area (Å²) >= 11 is 0. The number of nitro benzene ring substituents is 1. The molecular formula is C19H24N2O6. The monoisotopic (exact) mass is 376 g/mol. The molecule has 0 fully saturated rings. The molecule has 2 rings (SSSR count). The van der Waals surface area contributed by atoms with Gasteiger partial charge in [-0.25, -0.2) is 0 Å². The van der Waals surface area contributed by atoms with Crippen molar-refractivity contribution in [2.45, 2.75) is 39.9 Å². The normalized spacial score (nSPS) is 10.8. The summed E-state index contributed by atoms with van der Waals surface area (Å²) in [6.07, 6.45) is 0.871. The summed E-state index contributed by atoms with van der Waals surface area (Å²) in [7, 11) is 0. The van der Waals surface area contributed by atoms with Crippen LogP contribution in [0.2, 0.25) is 0 Å². The predicted molar refractivity (Wildman–Crippen MR) is 98.9 cm³/mol. The highest BCUT2D eigenvalue weighted by molar-refractivity contribution is 5.91. The Morgan fingerprint density at radius 2 is 2.07 bits per heavy atom. The zero-order chi connectivity index (χ0) is 19.8. The number of benzene rings is 1. The second-order valence-corrected chi connectivity index (χ2v) is 6.31. The average molecular weight is 376 g/mol. The van der Waals surface area contributed by atoms with E-state index in [2.05, 4.69) is 5.32 Å². The Morgan fingerprint density at radius 1 is 1.30 bits per heavy atom. The van der Waals surface area contributed by atoms with E-state index in [0.29, 0.717) is 25.3 Å². The number of amides is 1. The van der Waals surface area contributed by atoms with Crippen LogP contribution in [0.5, 0.6) is 5.75 Å². The van der Waals surface area contributed by atoms with E-state index in [1.807, 2.05) is 13.8 Å². The van der Waals surface area contributed by atoms with Crippen molar-refractivity contribution in [2.24, 2.45) is 0 Å². The van der Waals surface area contributed by atoms with Crippen LogP contribution < -0.4 is 10.1 Å². The number of nitro groups is 1. The molecule has 0 aliphatic carbocycles. The lowest BCUT2D eigenvalue weighted by molar-refractivity contribution is -0.386. The van der Waals surface area contributed by atoms with Gasteiger partial charge in [-0.3, -0.25) is 14.9 Å². The number of ether oxygens (including phenoxy) is 2. The molecule has 1 heterocycles. The van der Waals surface area contributed by atoms with Gasteiger partial charge in [-0.2, -0.15) is 0 Å². The minimum Gasteiger partial charge on any atom is -0.479 e. The van der Waals surface area contributed by atoms with Gasteiger partial charge in [0.1, 0.15) is 12.4 Å². The van der Waals surface area contributed by atoms with Gasteiger partial charge >= 0.3 is 5.69 Å². The Kier molecular flexibility index (Phi) is 7.36. The topological polar surface area (TPSA) is 104 Å². The predicted octanol–water partition coefficient (Wildman–Crippen LogP) is 3.62. The van der Waals surface area contributed by atoms with E-state index in [0.717, 1.165) is 5.56 Å². The van der Waals surface area contributed by atoms with Gasteiger partial charge in [0.05, 0.1) is 11.0 Å². The minimum atomic E-state index is -0.494. The van der Waals surface area contributed by atoms with Crippen LogP contribution in [-0.2, 0) is 11.3 Å². The number of carbonyl (C=O) groups excluding carboxylic acids is 1. The van der Waals surface area contributed by atoms with E-state index in [1.54, 1.807) is 31.2 Å². The number of hydrogen-bond acceptors (Lipinski definition) is 6. The van der Waals surface area contributed by atoms with Gasteiger partial charge in [-0.05, 0) is 51.0 Å². The molecule has 1 aromatic carbocycles. The molecule has 0 bridgehead atoms. The highest BCUT2D eigenvalue weighted by Gasteiger charge is 2.16. The fraction of sp³-hybridized carbons (Fsp3) is 0.421. The first kappa shape index (κ1) is 20.4. The summed E-state index contributed by atoms with van der Waals surface area (Å²) < 4.78 is 16.3. The van der Waals surface area contributed by atoms with Crippen molar-refractivity contribution >= 4 is 11.6 Å². The van der Waals surface area contributed by atoms with Gasteiger partial charge < -0.3 is 19.2 Å². The molecule has 0 spiro atoms. The molecule has 146 valence electrons. The highest BCUT2D eigenvalue weighted by atomic mass is 16.6. The third-order valence-corrected chi connectivity index (χ3v) is 3.62. The Labute approximate surface area is 157 Å². The van der Waals surface area contributed by atoms with Crippen LogP contribution in [0.4, 0.5) is 5.69 Å². The molecule has 1 aromatic heterocycles. The van der Waals surface area contributed by atoms with Crippen LogP contribution in [0.3, 0.4) is 0 Å². The molecule has 0 radical (unpaired) electrons. The van der Waals surface area contributed by atoms with Gasteiger partial charge in [0, 0.05) is 19.2 Å². The van der Waals surface area contributed by atoms with Crippen LogP contribution >= 0.6 is 0 Å². The fourth-order valence-electron chi connectivity index (χ4n) is 2.30. The molecule has 1 amide bonds. The quantitative estimate of drug-likeness (QED) is 0.386. The summed E-state index contributed by atoms with van der Waals surface area (Å²) in [4.78, 5) is 22.6. The maximum Gasteiger partial charge on any atom is 0.311 e. The lowest BCUT2D eigenvalue weighted by Crippen LogP contribution is -2.25. The molecule has 1 N–H and O–H groups in total. The van der Waals surface area contributed by atoms with E-state index in [4.69, 9.17) is 13.9 Å². The molecule has 0 atom stereocenters. The first-order chi connectivity index (χ1) is 12.9. The smallest absolute Gasteiger partial charge is 0.311 e.